The zero-order valence-corrected chi connectivity index (χ0v) is 11.3. The monoisotopic (exact) mass is 354 g/mol. The molecular formula is C10H12FIN2O3. The number of nitrogens with one attached hydrogen (secondary N) is 1. The Balaban J connectivity index is 2.96. The van der Waals surface area contributed by atoms with Crippen LogP contribution in [0.3, 0.4) is 0 Å². The summed E-state index contributed by atoms with van der Waals surface area (Å²) in [6, 6.07) is 2.23. The lowest BCUT2D eigenvalue weighted by molar-refractivity contribution is -0.384. The number of nitro groups is 1. The third-order valence-corrected chi connectivity index (χ3v) is 3.06. The van der Waals surface area contributed by atoms with Crippen LogP contribution in [0.1, 0.15) is 13.3 Å². The first-order valence-corrected chi connectivity index (χ1v) is 6.09. The second-order valence-electron chi connectivity index (χ2n) is 3.48. The second-order valence-corrected chi connectivity index (χ2v) is 4.65. The molecule has 0 fully saturated rings. The summed E-state index contributed by atoms with van der Waals surface area (Å²) < 4.78 is 13.5. The SMILES string of the molecule is CCC(O)CNc1cc(F)c(I)cc1[N+](=O)[O-]. The van der Waals surface area contributed by atoms with E-state index in [1.54, 1.807) is 29.5 Å². The molecule has 7 heteroatoms. The second kappa shape index (κ2) is 6.10. The fourth-order valence-corrected chi connectivity index (χ4v) is 1.65. The van der Waals surface area contributed by atoms with E-state index in [0.717, 1.165) is 12.1 Å². The Morgan fingerprint density at radius 3 is 2.82 bits per heavy atom. The summed E-state index contributed by atoms with van der Waals surface area (Å²) in [6.07, 6.45) is -0.0925. The van der Waals surface area contributed by atoms with Crippen molar-refractivity contribution in [1.82, 2.24) is 0 Å². The summed E-state index contributed by atoms with van der Waals surface area (Å²) in [7, 11) is 0. The standard InChI is InChI=1S/C10H12FIN2O3/c1-2-6(15)5-13-9-3-7(11)8(12)4-10(9)14(16)17/h3-4,6,13,15H,2,5H2,1H3. The fourth-order valence-electron chi connectivity index (χ4n) is 1.20. The highest BCUT2D eigenvalue weighted by Crippen LogP contribution is 2.28. The number of aliphatic hydroxyl groups is 1. The quantitative estimate of drug-likeness (QED) is 0.484. The van der Waals surface area contributed by atoms with Gasteiger partial charge in [-0.15, -0.1) is 0 Å². The van der Waals surface area contributed by atoms with Gasteiger partial charge < -0.3 is 10.4 Å². The number of nitrogens with zero attached hydrogens (tertiary/aromatic N) is 1. The predicted molar refractivity (Wildman–Crippen MR) is 70.6 cm³/mol. The molecule has 1 atom stereocenters. The van der Waals surface area contributed by atoms with E-state index in [1.807, 2.05) is 0 Å². The van der Waals surface area contributed by atoms with Gasteiger partial charge in [0.1, 0.15) is 11.5 Å². The fraction of sp³-hybridized carbons (Fsp3) is 0.400. The Morgan fingerprint density at radius 1 is 1.65 bits per heavy atom. The molecule has 0 amide bonds. The highest BCUT2D eigenvalue weighted by atomic mass is 127. The van der Waals surface area contributed by atoms with Gasteiger partial charge in [0.2, 0.25) is 0 Å². The molecule has 0 saturated heterocycles. The van der Waals surface area contributed by atoms with Crippen LogP contribution in [-0.4, -0.2) is 22.7 Å². The highest BCUT2D eigenvalue weighted by Gasteiger charge is 2.17. The molecule has 1 rings (SSSR count). The Bertz CT molecular complexity index is 428. The predicted octanol–water partition coefficient (Wildman–Crippen LogP) is 2.52. The van der Waals surface area contributed by atoms with Crippen LogP contribution < -0.4 is 5.32 Å². The Hall–Kier alpha value is -0.960. The Morgan fingerprint density at radius 2 is 2.29 bits per heavy atom. The first kappa shape index (κ1) is 14.1. The number of benzene rings is 1. The van der Waals surface area contributed by atoms with Crippen LogP contribution in [0.4, 0.5) is 15.8 Å². The van der Waals surface area contributed by atoms with Crippen molar-refractivity contribution in [3.05, 3.63) is 31.6 Å². The number of hydrogen-bond donors (Lipinski definition) is 2. The van der Waals surface area contributed by atoms with Gasteiger partial charge in [-0.25, -0.2) is 4.39 Å². The van der Waals surface area contributed by atoms with Crippen LogP contribution in [-0.2, 0) is 0 Å². The van der Waals surface area contributed by atoms with Crippen molar-refractivity contribution in [3.63, 3.8) is 0 Å². The number of nitro benzene ring substituents is 1. The highest BCUT2D eigenvalue weighted by molar-refractivity contribution is 14.1. The smallest absolute Gasteiger partial charge is 0.293 e. The van der Waals surface area contributed by atoms with E-state index in [-0.39, 0.29) is 21.5 Å². The van der Waals surface area contributed by atoms with E-state index >= 15 is 0 Å². The van der Waals surface area contributed by atoms with Crippen LogP contribution in [0.25, 0.3) is 0 Å². The molecule has 0 bridgehead atoms. The van der Waals surface area contributed by atoms with Gasteiger partial charge in [0, 0.05) is 18.7 Å². The van der Waals surface area contributed by atoms with Crippen molar-refractivity contribution in [2.75, 3.05) is 11.9 Å². The molecular weight excluding hydrogens is 342 g/mol. The van der Waals surface area contributed by atoms with Gasteiger partial charge in [0.05, 0.1) is 14.6 Å². The van der Waals surface area contributed by atoms with Crippen molar-refractivity contribution < 1.29 is 14.4 Å². The topological polar surface area (TPSA) is 75.4 Å². The lowest BCUT2D eigenvalue weighted by Crippen LogP contribution is -2.18. The average molecular weight is 354 g/mol. The van der Waals surface area contributed by atoms with E-state index in [0.29, 0.717) is 6.42 Å². The van der Waals surface area contributed by atoms with E-state index in [2.05, 4.69) is 5.32 Å². The molecule has 0 aliphatic carbocycles. The molecule has 5 nitrogen and oxygen atoms in total. The largest absolute Gasteiger partial charge is 0.391 e. The summed E-state index contributed by atoms with van der Waals surface area (Å²) in [4.78, 5) is 10.2. The minimum atomic E-state index is -0.614. The number of halogens is 2. The summed E-state index contributed by atoms with van der Waals surface area (Å²) in [5, 5.41) is 22.8. The number of hydrogen-bond acceptors (Lipinski definition) is 4. The summed E-state index contributed by atoms with van der Waals surface area (Å²) in [5.41, 5.74) is -0.112. The minimum absolute atomic E-state index is 0.0837. The van der Waals surface area contributed by atoms with Gasteiger partial charge in [-0.2, -0.15) is 0 Å². The van der Waals surface area contributed by atoms with Crippen LogP contribution in [0.5, 0.6) is 0 Å². The molecule has 0 aliphatic rings. The Labute approximate surface area is 111 Å². The lowest BCUT2D eigenvalue weighted by Gasteiger charge is -2.11. The van der Waals surface area contributed by atoms with E-state index in [9.17, 15) is 19.6 Å². The maximum absolute atomic E-state index is 13.3. The lowest BCUT2D eigenvalue weighted by atomic mass is 10.2. The van der Waals surface area contributed by atoms with Crippen LogP contribution in [0.15, 0.2) is 12.1 Å². The number of aliphatic hydroxyl groups excluding tert-OH is 1. The van der Waals surface area contributed by atoms with Gasteiger partial charge in [0.25, 0.3) is 5.69 Å². The molecule has 1 unspecified atom stereocenters. The maximum atomic E-state index is 13.3. The van der Waals surface area contributed by atoms with E-state index in [4.69, 9.17) is 0 Å². The first-order chi connectivity index (χ1) is 7.95. The normalized spacial score (nSPS) is 12.2. The molecule has 1 aromatic carbocycles. The summed E-state index contributed by atoms with van der Waals surface area (Å²) in [5.74, 6) is -0.523. The molecule has 17 heavy (non-hydrogen) atoms. The molecule has 0 aromatic heterocycles. The van der Waals surface area contributed by atoms with Crippen molar-refractivity contribution in [3.8, 4) is 0 Å². The van der Waals surface area contributed by atoms with Crippen LogP contribution in [0.2, 0.25) is 0 Å². The zero-order valence-electron chi connectivity index (χ0n) is 9.11. The minimum Gasteiger partial charge on any atom is -0.391 e. The van der Waals surface area contributed by atoms with Crippen molar-refractivity contribution in [2.45, 2.75) is 19.4 Å². The molecule has 0 spiro atoms. The van der Waals surface area contributed by atoms with Gasteiger partial charge in [-0.3, -0.25) is 10.1 Å². The van der Waals surface area contributed by atoms with Gasteiger partial charge in [-0.1, -0.05) is 6.92 Å². The van der Waals surface area contributed by atoms with Gasteiger partial charge in [0.15, 0.2) is 0 Å². The van der Waals surface area contributed by atoms with Crippen molar-refractivity contribution in [2.24, 2.45) is 0 Å². The number of anilines is 1. The van der Waals surface area contributed by atoms with Gasteiger partial charge in [-0.05, 0) is 29.0 Å². The molecule has 1 aromatic rings. The van der Waals surface area contributed by atoms with Crippen LogP contribution in [0, 0.1) is 19.5 Å². The number of rotatable bonds is 5. The average Bonchev–Trinajstić information content (AvgIpc) is 2.29. The molecule has 0 radical (unpaired) electrons. The van der Waals surface area contributed by atoms with E-state index < -0.39 is 16.8 Å². The third-order valence-electron chi connectivity index (χ3n) is 2.23. The summed E-state index contributed by atoms with van der Waals surface area (Å²) >= 11 is 1.69. The zero-order chi connectivity index (χ0) is 13.0. The third kappa shape index (κ3) is 3.77. The molecule has 0 saturated carbocycles. The molecule has 2 N–H and O–H groups in total. The summed E-state index contributed by atoms with van der Waals surface area (Å²) in [6.45, 7) is 1.94. The van der Waals surface area contributed by atoms with Gasteiger partial charge >= 0.3 is 0 Å². The molecule has 0 aliphatic heterocycles. The maximum Gasteiger partial charge on any atom is 0.293 e. The van der Waals surface area contributed by atoms with Crippen molar-refractivity contribution in [1.29, 1.82) is 0 Å². The first-order valence-electron chi connectivity index (χ1n) is 5.01. The molecule has 0 heterocycles. The van der Waals surface area contributed by atoms with Crippen molar-refractivity contribution >= 4 is 34.0 Å². The molecule has 94 valence electrons. The Kier molecular flexibility index (Phi) is 5.06. The van der Waals surface area contributed by atoms with Crippen LogP contribution >= 0.6 is 22.6 Å². The van der Waals surface area contributed by atoms with E-state index in [1.165, 1.54) is 0 Å².